The standard InChI is InChI=1S/C20H22/c1-16-8-7-13-20(2,15-16)19-12-6-11-18(14-19)17-9-4-3-5-10-17/h3-7,9-14,16H,8,15H2,1-2H3. The van der Waals surface area contributed by atoms with Crippen LogP contribution in [-0.2, 0) is 5.41 Å². The zero-order chi connectivity index (χ0) is 14.0. The van der Waals surface area contributed by atoms with Gasteiger partial charge in [0.15, 0.2) is 0 Å². The first kappa shape index (κ1) is 13.2. The third-order valence-electron chi connectivity index (χ3n) is 4.43. The van der Waals surface area contributed by atoms with Crippen LogP contribution in [-0.4, -0.2) is 0 Å². The van der Waals surface area contributed by atoms with Gasteiger partial charge >= 0.3 is 0 Å². The summed E-state index contributed by atoms with van der Waals surface area (Å²) in [5.74, 6) is 0.769. The van der Waals surface area contributed by atoms with Crippen molar-refractivity contribution in [1.82, 2.24) is 0 Å². The van der Waals surface area contributed by atoms with Gasteiger partial charge in [0.1, 0.15) is 0 Å². The van der Waals surface area contributed by atoms with Gasteiger partial charge in [0.25, 0.3) is 0 Å². The molecule has 0 aromatic heterocycles. The first-order chi connectivity index (χ1) is 9.67. The van der Waals surface area contributed by atoms with Crippen molar-refractivity contribution in [2.75, 3.05) is 0 Å². The second-order valence-electron chi connectivity index (χ2n) is 6.31. The Hall–Kier alpha value is -1.82. The van der Waals surface area contributed by atoms with Crippen LogP contribution in [0.2, 0.25) is 0 Å². The van der Waals surface area contributed by atoms with E-state index in [-0.39, 0.29) is 5.41 Å². The summed E-state index contributed by atoms with van der Waals surface area (Å²) in [7, 11) is 0. The molecule has 2 aromatic rings. The van der Waals surface area contributed by atoms with Crippen LogP contribution in [0.5, 0.6) is 0 Å². The summed E-state index contributed by atoms with van der Waals surface area (Å²) in [5.41, 5.74) is 4.23. The maximum Gasteiger partial charge on any atom is 0.0106 e. The molecule has 0 nitrogen and oxygen atoms in total. The predicted molar refractivity (Wildman–Crippen MR) is 86.8 cm³/mol. The topological polar surface area (TPSA) is 0 Å². The molecule has 3 rings (SSSR count). The van der Waals surface area contributed by atoms with E-state index in [4.69, 9.17) is 0 Å². The van der Waals surface area contributed by atoms with Crippen molar-refractivity contribution < 1.29 is 0 Å². The lowest BCUT2D eigenvalue weighted by Gasteiger charge is -2.33. The lowest BCUT2D eigenvalue weighted by Crippen LogP contribution is -2.25. The van der Waals surface area contributed by atoms with E-state index in [1.807, 2.05) is 0 Å². The zero-order valence-corrected chi connectivity index (χ0v) is 12.3. The maximum atomic E-state index is 2.40. The van der Waals surface area contributed by atoms with Crippen molar-refractivity contribution in [2.45, 2.75) is 32.1 Å². The predicted octanol–water partition coefficient (Wildman–Crippen LogP) is 5.60. The van der Waals surface area contributed by atoms with E-state index in [9.17, 15) is 0 Å². The highest BCUT2D eigenvalue weighted by atomic mass is 14.3. The Morgan fingerprint density at radius 3 is 2.45 bits per heavy atom. The fourth-order valence-electron chi connectivity index (χ4n) is 3.33. The van der Waals surface area contributed by atoms with Gasteiger partial charge in [-0.25, -0.2) is 0 Å². The molecule has 0 fully saturated rings. The van der Waals surface area contributed by atoms with Gasteiger partial charge in [0.2, 0.25) is 0 Å². The molecule has 2 aromatic carbocycles. The normalized spacial score (nSPS) is 25.6. The van der Waals surface area contributed by atoms with Crippen LogP contribution in [0.25, 0.3) is 11.1 Å². The lowest BCUT2D eigenvalue weighted by atomic mass is 9.71. The monoisotopic (exact) mass is 262 g/mol. The van der Waals surface area contributed by atoms with Gasteiger partial charge in [-0.1, -0.05) is 80.6 Å². The molecule has 102 valence electrons. The van der Waals surface area contributed by atoms with E-state index < -0.39 is 0 Å². The molecule has 1 aliphatic rings. The van der Waals surface area contributed by atoms with Crippen LogP contribution >= 0.6 is 0 Å². The first-order valence-electron chi connectivity index (χ1n) is 7.51. The molecule has 1 aliphatic carbocycles. The van der Waals surface area contributed by atoms with Gasteiger partial charge < -0.3 is 0 Å². The number of allylic oxidation sites excluding steroid dienone is 2. The van der Waals surface area contributed by atoms with Crippen LogP contribution < -0.4 is 0 Å². The van der Waals surface area contributed by atoms with Gasteiger partial charge in [-0.15, -0.1) is 0 Å². The molecule has 0 saturated heterocycles. The number of benzene rings is 2. The first-order valence-corrected chi connectivity index (χ1v) is 7.51. The second-order valence-corrected chi connectivity index (χ2v) is 6.31. The lowest BCUT2D eigenvalue weighted by molar-refractivity contribution is 0.396. The van der Waals surface area contributed by atoms with Crippen molar-refractivity contribution in [3.05, 3.63) is 72.3 Å². The minimum absolute atomic E-state index is 0.183. The summed E-state index contributed by atoms with van der Waals surface area (Å²) in [4.78, 5) is 0. The summed E-state index contributed by atoms with van der Waals surface area (Å²) < 4.78 is 0. The van der Waals surface area contributed by atoms with Crippen LogP contribution in [0.1, 0.15) is 32.3 Å². The largest absolute Gasteiger partial charge is 0.0874 e. The fourth-order valence-corrected chi connectivity index (χ4v) is 3.33. The highest BCUT2D eigenvalue weighted by Crippen LogP contribution is 2.38. The van der Waals surface area contributed by atoms with Crippen molar-refractivity contribution >= 4 is 0 Å². The Morgan fingerprint density at radius 2 is 1.70 bits per heavy atom. The van der Waals surface area contributed by atoms with Gasteiger partial charge in [-0.05, 0) is 35.4 Å². The maximum absolute atomic E-state index is 2.40. The van der Waals surface area contributed by atoms with Crippen LogP contribution in [0.15, 0.2) is 66.7 Å². The molecule has 20 heavy (non-hydrogen) atoms. The van der Waals surface area contributed by atoms with Crippen molar-refractivity contribution in [2.24, 2.45) is 5.92 Å². The Bertz CT molecular complexity index is 609. The van der Waals surface area contributed by atoms with Crippen LogP contribution in [0, 0.1) is 5.92 Å². The molecule has 2 unspecified atom stereocenters. The highest BCUT2D eigenvalue weighted by molar-refractivity contribution is 5.64. The molecule has 2 atom stereocenters. The van der Waals surface area contributed by atoms with E-state index >= 15 is 0 Å². The minimum Gasteiger partial charge on any atom is -0.0874 e. The summed E-state index contributed by atoms with van der Waals surface area (Å²) in [6.07, 6.45) is 7.20. The molecule has 0 spiro atoms. The van der Waals surface area contributed by atoms with Gasteiger partial charge in [-0.3, -0.25) is 0 Å². The Kier molecular flexibility index (Phi) is 3.48. The smallest absolute Gasteiger partial charge is 0.0106 e. The fraction of sp³-hybridized carbons (Fsp3) is 0.300. The Morgan fingerprint density at radius 1 is 0.950 bits per heavy atom. The van der Waals surface area contributed by atoms with E-state index in [2.05, 4.69) is 80.6 Å². The molecule has 0 aliphatic heterocycles. The van der Waals surface area contributed by atoms with Gasteiger partial charge in [0, 0.05) is 5.41 Å². The summed E-state index contributed by atoms with van der Waals surface area (Å²) in [6.45, 7) is 4.71. The Balaban J connectivity index is 2.00. The van der Waals surface area contributed by atoms with Crippen molar-refractivity contribution in [3.8, 4) is 11.1 Å². The number of hydrogen-bond donors (Lipinski definition) is 0. The van der Waals surface area contributed by atoms with Crippen molar-refractivity contribution in [3.63, 3.8) is 0 Å². The summed E-state index contributed by atoms with van der Waals surface area (Å²) in [6, 6.07) is 19.7. The highest BCUT2D eigenvalue weighted by Gasteiger charge is 2.28. The quantitative estimate of drug-likeness (QED) is 0.618. The average molecular weight is 262 g/mol. The molecule has 0 saturated carbocycles. The van der Waals surface area contributed by atoms with Gasteiger partial charge in [0.05, 0.1) is 0 Å². The molecular formula is C20H22. The van der Waals surface area contributed by atoms with E-state index in [1.165, 1.54) is 29.5 Å². The van der Waals surface area contributed by atoms with Crippen LogP contribution in [0.4, 0.5) is 0 Å². The number of hydrogen-bond acceptors (Lipinski definition) is 0. The zero-order valence-electron chi connectivity index (χ0n) is 12.3. The third-order valence-corrected chi connectivity index (χ3v) is 4.43. The number of rotatable bonds is 2. The molecule has 0 bridgehead atoms. The van der Waals surface area contributed by atoms with Gasteiger partial charge in [-0.2, -0.15) is 0 Å². The summed E-state index contributed by atoms with van der Waals surface area (Å²) >= 11 is 0. The molecule has 0 heterocycles. The van der Waals surface area contributed by atoms with Crippen LogP contribution in [0.3, 0.4) is 0 Å². The van der Waals surface area contributed by atoms with E-state index in [0.717, 1.165) is 5.92 Å². The minimum atomic E-state index is 0.183. The third kappa shape index (κ3) is 2.56. The summed E-state index contributed by atoms with van der Waals surface area (Å²) in [5, 5.41) is 0. The average Bonchev–Trinajstić information content (AvgIpc) is 2.48. The SMILES string of the molecule is CC1CC=CC(C)(c2cccc(-c3ccccc3)c2)C1. The molecule has 0 heteroatoms. The molecule has 0 amide bonds. The van der Waals surface area contributed by atoms with Crippen molar-refractivity contribution in [1.29, 1.82) is 0 Å². The van der Waals surface area contributed by atoms with E-state index in [1.54, 1.807) is 0 Å². The molecule has 0 N–H and O–H groups in total. The Labute approximate surface area is 122 Å². The second kappa shape index (κ2) is 5.28. The molecule has 0 radical (unpaired) electrons. The van der Waals surface area contributed by atoms with E-state index in [0.29, 0.717) is 0 Å². The molecular weight excluding hydrogens is 240 g/mol.